The molecule has 0 radical (unpaired) electrons. The van der Waals surface area contributed by atoms with Gasteiger partial charge in [-0.1, -0.05) is 30.9 Å². The summed E-state index contributed by atoms with van der Waals surface area (Å²) in [5.74, 6) is 0.855. The molecule has 0 bridgehead atoms. The number of halogens is 1. The van der Waals surface area contributed by atoms with Gasteiger partial charge >= 0.3 is 0 Å². The molecule has 0 N–H and O–H groups in total. The number of rotatable bonds is 2. The molecule has 0 aliphatic carbocycles. The van der Waals surface area contributed by atoms with Crippen molar-refractivity contribution < 1.29 is 4.74 Å². The van der Waals surface area contributed by atoms with Crippen LogP contribution >= 0.6 is 15.9 Å². The van der Waals surface area contributed by atoms with Crippen LogP contribution in [0, 0.1) is 0 Å². The largest absolute Gasteiger partial charge is 0.496 e. The van der Waals surface area contributed by atoms with Crippen LogP contribution in [0.3, 0.4) is 0 Å². The Morgan fingerprint density at radius 2 is 2.07 bits per heavy atom. The van der Waals surface area contributed by atoms with Gasteiger partial charge in [0.05, 0.1) is 11.6 Å². The quantitative estimate of drug-likeness (QED) is 0.786. The summed E-state index contributed by atoms with van der Waals surface area (Å²) in [7, 11) is 1.67. The molecule has 76 valence electrons. The van der Waals surface area contributed by atoms with Gasteiger partial charge in [0.1, 0.15) is 5.75 Å². The topological polar surface area (TPSA) is 9.23 Å². The molecule has 0 saturated carbocycles. The summed E-state index contributed by atoms with van der Waals surface area (Å²) in [4.78, 5) is 0. The van der Waals surface area contributed by atoms with E-state index in [9.17, 15) is 0 Å². The fourth-order valence-corrected chi connectivity index (χ4v) is 2.23. The monoisotopic (exact) mass is 262 g/mol. The summed E-state index contributed by atoms with van der Waals surface area (Å²) in [6.45, 7) is 3.76. The smallest absolute Gasteiger partial charge is 0.133 e. The maximum atomic E-state index is 5.24. The maximum absolute atomic E-state index is 5.24. The van der Waals surface area contributed by atoms with Gasteiger partial charge in [-0.05, 0) is 44.4 Å². The Morgan fingerprint density at radius 3 is 2.73 bits per heavy atom. The van der Waals surface area contributed by atoms with Gasteiger partial charge in [-0.3, -0.25) is 0 Å². The molecule has 15 heavy (non-hydrogen) atoms. The number of methoxy groups -OCH3 is 1. The Morgan fingerprint density at radius 1 is 1.27 bits per heavy atom. The SMILES string of the molecule is C=Cc1ccc2c(Br)c(OC)ccc2c1. The van der Waals surface area contributed by atoms with Crippen LogP contribution in [-0.4, -0.2) is 7.11 Å². The van der Waals surface area contributed by atoms with Gasteiger partial charge in [0.15, 0.2) is 0 Å². The van der Waals surface area contributed by atoms with E-state index in [1.165, 1.54) is 5.39 Å². The van der Waals surface area contributed by atoms with Crippen LogP contribution in [0.1, 0.15) is 5.56 Å². The summed E-state index contributed by atoms with van der Waals surface area (Å²) in [6.07, 6.45) is 1.84. The van der Waals surface area contributed by atoms with Gasteiger partial charge < -0.3 is 4.74 Å². The highest BCUT2D eigenvalue weighted by Gasteiger charge is 2.04. The second kappa shape index (κ2) is 4.07. The number of hydrogen-bond acceptors (Lipinski definition) is 1. The summed E-state index contributed by atoms with van der Waals surface area (Å²) in [5, 5.41) is 2.33. The zero-order valence-electron chi connectivity index (χ0n) is 8.46. The second-order valence-electron chi connectivity index (χ2n) is 3.27. The maximum Gasteiger partial charge on any atom is 0.133 e. The van der Waals surface area contributed by atoms with E-state index in [0.717, 1.165) is 21.2 Å². The second-order valence-corrected chi connectivity index (χ2v) is 4.06. The first-order valence-corrected chi connectivity index (χ1v) is 5.44. The Labute approximate surface area is 97.5 Å². The summed E-state index contributed by atoms with van der Waals surface area (Å²) in [6, 6.07) is 10.2. The molecule has 0 saturated heterocycles. The normalized spacial score (nSPS) is 10.3. The van der Waals surface area contributed by atoms with Gasteiger partial charge in [-0.15, -0.1) is 0 Å². The molecule has 2 rings (SSSR count). The molecule has 2 aromatic carbocycles. The Bertz CT molecular complexity index is 517. The molecule has 2 heteroatoms. The van der Waals surface area contributed by atoms with E-state index in [2.05, 4.69) is 34.6 Å². The zero-order valence-corrected chi connectivity index (χ0v) is 10.0. The standard InChI is InChI=1S/C13H11BrO/c1-3-9-4-6-11-10(8-9)5-7-12(15-2)13(11)14/h3-8H,1H2,2H3. The van der Waals surface area contributed by atoms with E-state index in [0.29, 0.717) is 0 Å². The first-order valence-electron chi connectivity index (χ1n) is 4.65. The summed E-state index contributed by atoms with van der Waals surface area (Å²) in [5.41, 5.74) is 1.12. The van der Waals surface area contributed by atoms with Crippen LogP contribution in [0.15, 0.2) is 41.4 Å². The lowest BCUT2D eigenvalue weighted by atomic mass is 10.1. The van der Waals surface area contributed by atoms with Crippen LogP contribution in [0.2, 0.25) is 0 Å². The van der Waals surface area contributed by atoms with Crippen molar-refractivity contribution in [2.45, 2.75) is 0 Å². The molecule has 0 aliphatic rings. The van der Waals surface area contributed by atoms with Crippen LogP contribution < -0.4 is 4.74 Å². The van der Waals surface area contributed by atoms with Crippen molar-refractivity contribution in [3.05, 3.63) is 46.9 Å². The van der Waals surface area contributed by atoms with Gasteiger partial charge in [0, 0.05) is 0 Å². The Kier molecular flexibility index (Phi) is 2.78. The Hall–Kier alpha value is -1.28. The van der Waals surface area contributed by atoms with E-state index in [1.54, 1.807) is 7.11 Å². The van der Waals surface area contributed by atoms with Crippen molar-refractivity contribution in [1.82, 2.24) is 0 Å². The van der Waals surface area contributed by atoms with Crippen molar-refractivity contribution in [3.8, 4) is 5.75 Å². The first kappa shape index (κ1) is 10.2. The summed E-state index contributed by atoms with van der Waals surface area (Å²) >= 11 is 3.54. The molecule has 0 fully saturated rings. The van der Waals surface area contributed by atoms with E-state index in [1.807, 2.05) is 24.3 Å². The highest BCUT2D eigenvalue weighted by Crippen LogP contribution is 2.33. The fraction of sp³-hybridized carbons (Fsp3) is 0.0769. The lowest BCUT2D eigenvalue weighted by Gasteiger charge is -2.07. The zero-order chi connectivity index (χ0) is 10.8. The number of ether oxygens (including phenoxy) is 1. The van der Waals surface area contributed by atoms with E-state index >= 15 is 0 Å². The molecule has 0 amide bonds. The van der Waals surface area contributed by atoms with E-state index < -0.39 is 0 Å². The minimum absolute atomic E-state index is 0.855. The predicted octanol–water partition coefficient (Wildman–Crippen LogP) is 4.25. The molecule has 1 nitrogen and oxygen atoms in total. The molecule has 0 aliphatic heterocycles. The fourth-order valence-electron chi connectivity index (χ4n) is 1.57. The van der Waals surface area contributed by atoms with Crippen molar-refractivity contribution >= 4 is 32.8 Å². The van der Waals surface area contributed by atoms with Crippen LogP contribution in [0.4, 0.5) is 0 Å². The van der Waals surface area contributed by atoms with Gasteiger partial charge in [-0.2, -0.15) is 0 Å². The predicted molar refractivity (Wildman–Crippen MR) is 68.3 cm³/mol. The highest BCUT2D eigenvalue weighted by molar-refractivity contribution is 9.10. The number of benzene rings is 2. The third kappa shape index (κ3) is 1.77. The van der Waals surface area contributed by atoms with Gasteiger partial charge in [-0.25, -0.2) is 0 Å². The number of hydrogen-bond donors (Lipinski definition) is 0. The molecule has 0 heterocycles. The Balaban J connectivity index is 2.73. The third-order valence-electron chi connectivity index (χ3n) is 2.40. The highest BCUT2D eigenvalue weighted by atomic mass is 79.9. The molecular weight excluding hydrogens is 252 g/mol. The summed E-state index contributed by atoms with van der Waals surface area (Å²) < 4.78 is 6.24. The minimum atomic E-state index is 0.855. The van der Waals surface area contributed by atoms with Gasteiger partial charge in [0.25, 0.3) is 0 Å². The number of fused-ring (bicyclic) bond motifs is 1. The average Bonchev–Trinajstić information content (AvgIpc) is 2.29. The lowest BCUT2D eigenvalue weighted by molar-refractivity contribution is 0.413. The molecule has 0 spiro atoms. The lowest BCUT2D eigenvalue weighted by Crippen LogP contribution is -1.85. The van der Waals surface area contributed by atoms with Crippen LogP contribution in [-0.2, 0) is 0 Å². The van der Waals surface area contributed by atoms with Gasteiger partial charge in [0.2, 0.25) is 0 Å². The third-order valence-corrected chi connectivity index (χ3v) is 3.22. The van der Waals surface area contributed by atoms with Crippen LogP contribution in [0.5, 0.6) is 5.75 Å². The first-order chi connectivity index (χ1) is 7.26. The van der Waals surface area contributed by atoms with E-state index in [-0.39, 0.29) is 0 Å². The molecule has 2 aromatic rings. The van der Waals surface area contributed by atoms with Crippen molar-refractivity contribution in [1.29, 1.82) is 0 Å². The molecule has 0 aromatic heterocycles. The van der Waals surface area contributed by atoms with Crippen molar-refractivity contribution in [3.63, 3.8) is 0 Å². The van der Waals surface area contributed by atoms with Crippen LogP contribution in [0.25, 0.3) is 16.8 Å². The average molecular weight is 263 g/mol. The van der Waals surface area contributed by atoms with Crippen molar-refractivity contribution in [2.75, 3.05) is 7.11 Å². The molecule has 0 atom stereocenters. The molecular formula is C13H11BrO. The molecule has 0 unspecified atom stereocenters. The van der Waals surface area contributed by atoms with E-state index in [4.69, 9.17) is 4.74 Å². The minimum Gasteiger partial charge on any atom is -0.496 e. The van der Waals surface area contributed by atoms with Crippen molar-refractivity contribution in [2.24, 2.45) is 0 Å².